The summed E-state index contributed by atoms with van der Waals surface area (Å²) < 4.78 is 10.5. The van der Waals surface area contributed by atoms with Crippen LogP contribution >= 0.6 is 22.9 Å². The van der Waals surface area contributed by atoms with E-state index in [1.165, 1.54) is 0 Å². The van der Waals surface area contributed by atoms with Gasteiger partial charge in [-0.25, -0.2) is 4.79 Å². The first-order valence-electron chi connectivity index (χ1n) is 8.70. The minimum atomic E-state index is -0.593. The number of anilines is 1. The molecular formula is C20H21ClN2O4S. The molecule has 0 radical (unpaired) electrons. The topological polar surface area (TPSA) is 102 Å². The molecule has 28 heavy (non-hydrogen) atoms. The summed E-state index contributed by atoms with van der Waals surface area (Å²) in [6.45, 7) is 5.45. The summed E-state index contributed by atoms with van der Waals surface area (Å²) in [5.41, 5.74) is 7.03. The smallest absolute Gasteiger partial charge is 0.348 e. The lowest BCUT2D eigenvalue weighted by Crippen LogP contribution is -2.21. The maximum absolute atomic E-state index is 12.8. The molecule has 0 aliphatic carbocycles. The molecule has 148 valence electrons. The Morgan fingerprint density at radius 2 is 1.89 bits per heavy atom. The van der Waals surface area contributed by atoms with E-state index < -0.39 is 17.9 Å². The van der Waals surface area contributed by atoms with E-state index in [1.54, 1.807) is 31.2 Å². The number of nitrogen functional groups attached to an aromatic ring is 1. The molecule has 0 aliphatic rings. The zero-order valence-corrected chi connectivity index (χ0v) is 17.4. The third kappa shape index (κ3) is 4.83. The number of hydrogen-bond acceptors (Lipinski definition) is 7. The van der Waals surface area contributed by atoms with Crippen molar-refractivity contribution in [3.63, 3.8) is 0 Å². The highest BCUT2D eigenvalue weighted by molar-refractivity contribution is 7.18. The molecular weight excluding hydrogens is 400 g/mol. The summed E-state index contributed by atoms with van der Waals surface area (Å²) in [4.78, 5) is 25.1. The number of nitrogens with zero attached hydrogens (tertiary/aromatic N) is 1. The second-order valence-electron chi connectivity index (χ2n) is 6.36. The SMILES string of the molecule is CCOC(=O)c1sc(N)c(C#N)c1COC(=O)[C@@H](c1ccc(Cl)cc1)C(C)C. The van der Waals surface area contributed by atoms with Crippen molar-refractivity contribution < 1.29 is 19.1 Å². The molecule has 2 N–H and O–H groups in total. The molecule has 6 nitrogen and oxygen atoms in total. The van der Waals surface area contributed by atoms with Crippen molar-refractivity contribution in [2.75, 3.05) is 12.3 Å². The highest BCUT2D eigenvalue weighted by atomic mass is 35.5. The summed E-state index contributed by atoms with van der Waals surface area (Å²) >= 11 is 6.88. The van der Waals surface area contributed by atoms with Crippen LogP contribution in [0.4, 0.5) is 5.00 Å². The minimum absolute atomic E-state index is 0.0267. The van der Waals surface area contributed by atoms with Gasteiger partial charge in [0.2, 0.25) is 0 Å². The quantitative estimate of drug-likeness (QED) is 0.661. The second kappa shape index (κ2) is 9.58. The highest BCUT2D eigenvalue weighted by Gasteiger charge is 2.28. The van der Waals surface area contributed by atoms with Crippen molar-refractivity contribution in [1.29, 1.82) is 5.26 Å². The molecule has 2 rings (SSSR count). The summed E-state index contributed by atoms with van der Waals surface area (Å²) in [6.07, 6.45) is 0. The van der Waals surface area contributed by atoms with Gasteiger partial charge < -0.3 is 15.2 Å². The normalized spacial score (nSPS) is 11.7. The highest BCUT2D eigenvalue weighted by Crippen LogP contribution is 2.33. The maximum atomic E-state index is 12.8. The Bertz CT molecular complexity index is 900. The summed E-state index contributed by atoms with van der Waals surface area (Å²) in [7, 11) is 0. The number of rotatable bonds is 7. The van der Waals surface area contributed by atoms with Crippen LogP contribution in [0.2, 0.25) is 5.02 Å². The van der Waals surface area contributed by atoms with Crippen molar-refractivity contribution in [2.24, 2.45) is 5.92 Å². The molecule has 0 unspecified atom stereocenters. The van der Waals surface area contributed by atoms with Crippen LogP contribution < -0.4 is 5.73 Å². The average Bonchev–Trinajstić information content (AvgIpc) is 2.97. The van der Waals surface area contributed by atoms with Crippen molar-refractivity contribution in [1.82, 2.24) is 0 Å². The molecule has 0 saturated carbocycles. The van der Waals surface area contributed by atoms with Crippen LogP contribution in [0.3, 0.4) is 0 Å². The van der Waals surface area contributed by atoms with Gasteiger partial charge >= 0.3 is 11.9 Å². The van der Waals surface area contributed by atoms with Gasteiger partial charge in [0, 0.05) is 10.6 Å². The average molecular weight is 421 g/mol. The lowest BCUT2D eigenvalue weighted by atomic mass is 9.88. The first kappa shape index (κ1) is 21.7. The minimum Gasteiger partial charge on any atom is -0.462 e. The standard InChI is InChI=1S/C20H21ClN2O4S/c1-4-26-20(25)17-15(14(9-22)18(23)28-17)10-27-19(24)16(11(2)3)12-5-7-13(21)8-6-12/h5-8,11,16H,4,10,23H2,1-3H3/t16-/m1/s1. The van der Waals surface area contributed by atoms with Crippen molar-refractivity contribution in [3.05, 3.63) is 50.9 Å². The molecule has 8 heteroatoms. The van der Waals surface area contributed by atoms with Crippen molar-refractivity contribution >= 4 is 39.9 Å². The molecule has 2 aromatic rings. The van der Waals surface area contributed by atoms with Crippen molar-refractivity contribution in [3.8, 4) is 6.07 Å². The van der Waals surface area contributed by atoms with Crippen LogP contribution in [0.5, 0.6) is 0 Å². The van der Waals surface area contributed by atoms with E-state index in [4.69, 9.17) is 26.8 Å². The van der Waals surface area contributed by atoms with Gasteiger partial charge in [-0.2, -0.15) is 5.26 Å². The molecule has 0 amide bonds. The first-order chi connectivity index (χ1) is 13.3. The molecule has 0 bridgehead atoms. The molecule has 1 aromatic heterocycles. The second-order valence-corrected chi connectivity index (χ2v) is 7.85. The lowest BCUT2D eigenvalue weighted by Gasteiger charge is -2.20. The Balaban J connectivity index is 2.26. The Kier molecular flexibility index (Phi) is 7.44. The van der Waals surface area contributed by atoms with Gasteiger partial charge in [-0.1, -0.05) is 37.6 Å². The third-order valence-electron chi connectivity index (χ3n) is 4.12. The summed E-state index contributed by atoms with van der Waals surface area (Å²) in [5, 5.41) is 10.1. The molecule has 0 spiro atoms. The number of nitriles is 1. The number of esters is 2. The van der Waals surface area contributed by atoms with Gasteiger partial charge in [0.1, 0.15) is 22.6 Å². The maximum Gasteiger partial charge on any atom is 0.348 e. The first-order valence-corrected chi connectivity index (χ1v) is 9.90. The Labute approximate surface area is 172 Å². The van der Waals surface area contributed by atoms with Crippen LogP contribution in [-0.2, 0) is 20.9 Å². The van der Waals surface area contributed by atoms with Gasteiger partial charge in [-0.15, -0.1) is 11.3 Å². The van der Waals surface area contributed by atoms with Gasteiger partial charge in [0.05, 0.1) is 18.1 Å². The number of halogens is 1. The van der Waals surface area contributed by atoms with Crippen LogP contribution in [0.25, 0.3) is 0 Å². The summed E-state index contributed by atoms with van der Waals surface area (Å²) in [5.74, 6) is -1.59. The predicted molar refractivity (Wildman–Crippen MR) is 108 cm³/mol. The number of carbonyl (C=O) groups excluding carboxylic acids is 2. The number of benzene rings is 1. The van der Waals surface area contributed by atoms with Crippen LogP contribution in [0, 0.1) is 17.2 Å². The summed E-state index contributed by atoms with van der Waals surface area (Å²) in [6, 6.07) is 8.95. The van der Waals surface area contributed by atoms with E-state index in [0.717, 1.165) is 16.9 Å². The van der Waals surface area contributed by atoms with Crippen molar-refractivity contribution in [2.45, 2.75) is 33.3 Å². The van der Waals surface area contributed by atoms with E-state index in [-0.39, 0.29) is 40.1 Å². The Morgan fingerprint density at radius 1 is 1.25 bits per heavy atom. The Morgan fingerprint density at radius 3 is 2.43 bits per heavy atom. The molecule has 1 atom stereocenters. The zero-order chi connectivity index (χ0) is 20.8. The number of thiophene rings is 1. The largest absolute Gasteiger partial charge is 0.462 e. The van der Waals surface area contributed by atoms with E-state index in [0.29, 0.717) is 5.02 Å². The zero-order valence-electron chi connectivity index (χ0n) is 15.8. The van der Waals surface area contributed by atoms with Crippen LogP contribution in [-0.4, -0.2) is 18.5 Å². The molecule has 0 fully saturated rings. The number of ether oxygens (including phenoxy) is 2. The fraction of sp³-hybridized carbons (Fsp3) is 0.350. The predicted octanol–water partition coefficient (Wildman–Crippen LogP) is 4.52. The molecule has 0 saturated heterocycles. The number of carbonyl (C=O) groups is 2. The van der Waals surface area contributed by atoms with E-state index >= 15 is 0 Å². The van der Waals surface area contributed by atoms with Crippen LogP contribution in [0.1, 0.15) is 53.1 Å². The van der Waals surface area contributed by atoms with Gasteiger partial charge in [-0.05, 0) is 30.5 Å². The number of hydrogen-bond donors (Lipinski definition) is 1. The fourth-order valence-electron chi connectivity index (χ4n) is 2.80. The molecule has 0 aliphatic heterocycles. The molecule has 1 heterocycles. The van der Waals surface area contributed by atoms with Gasteiger partial charge in [-0.3, -0.25) is 4.79 Å². The third-order valence-corrected chi connectivity index (χ3v) is 5.41. The van der Waals surface area contributed by atoms with E-state index in [2.05, 4.69) is 0 Å². The van der Waals surface area contributed by atoms with Gasteiger partial charge in [0.15, 0.2) is 0 Å². The lowest BCUT2D eigenvalue weighted by molar-refractivity contribution is -0.148. The van der Waals surface area contributed by atoms with Gasteiger partial charge in [0.25, 0.3) is 0 Å². The monoisotopic (exact) mass is 420 g/mol. The molecule has 1 aromatic carbocycles. The number of nitrogens with two attached hydrogens (primary N) is 1. The van der Waals surface area contributed by atoms with E-state index in [1.807, 2.05) is 19.9 Å². The Hall–Kier alpha value is -2.56. The van der Waals surface area contributed by atoms with Crippen LogP contribution in [0.15, 0.2) is 24.3 Å². The van der Waals surface area contributed by atoms with E-state index in [9.17, 15) is 14.9 Å². The fourth-order valence-corrected chi connectivity index (χ4v) is 3.85.